The van der Waals surface area contributed by atoms with Gasteiger partial charge in [0.15, 0.2) is 5.75 Å². The molecule has 3 aromatic rings. The molecule has 1 aromatic heterocycles. The number of hydrogen-bond acceptors (Lipinski definition) is 9. The standard InChI is InChI=1S/C17H13FN4O7S/c1-28-14-7-2-10(8-13(14)22(24)25)17(23)29-16-9-15(19)21(20-16)30(26,27)12-5-3-11(18)4-6-12/h2-9H,19H2,1H3. The molecule has 0 aliphatic heterocycles. The molecule has 11 nitrogen and oxygen atoms in total. The lowest BCUT2D eigenvalue weighted by atomic mass is 10.2. The highest BCUT2D eigenvalue weighted by Crippen LogP contribution is 2.28. The van der Waals surface area contributed by atoms with Crippen LogP contribution >= 0.6 is 0 Å². The molecule has 0 fully saturated rings. The number of nitro groups is 1. The number of esters is 1. The highest BCUT2D eigenvalue weighted by Gasteiger charge is 2.24. The van der Waals surface area contributed by atoms with Crippen LogP contribution in [0.1, 0.15) is 10.4 Å². The maximum absolute atomic E-state index is 13.0. The molecule has 13 heteroatoms. The molecule has 2 N–H and O–H groups in total. The number of aromatic nitrogens is 2. The van der Waals surface area contributed by atoms with Gasteiger partial charge < -0.3 is 15.2 Å². The Kier molecular flexibility index (Phi) is 5.38. The van der Waals surface area contributed by atoms with E-state index in [1.54, 1.807) is 0 Å². The number of nitro benzene ring substituents is 1. The van der Waals surface area contributed by atoms with Crippen molar-refractivity contribution in [3.8, 4) is 11.6 Å². The smallest absolute Gasteiger partial charge is 0.345 e. The molecule has 0 saturated carbocycles. The van der Waals surface area contributed by atoms with Crippen molar-refractivity contribution in [3.63, 3.8) is 0 Å². The number of methoxy groups -OCH3 is 1. The Morgan fingerprint density at radius 2 is 1.87 bits per heavy atom. The van der Waals surface area contributed by atoms with Gasteiger partial charge in [-0.3, -0.25) is 10.1 Å². The third-order valence-electron chi connectivity index (χ3n) is 3.83. The molecule has 0 bridgehead atoms. The lowest BCUT2D eigenvalue weighted by molar-refractivity contribution is -0.385. The molecule has 0 atom stereocenters. The quantitative estimate of drug-likeness (QED) is 0.346. The summed E-state index contributed by atoms with van der Waals surface area (Å²) in [7, 11) is -3.04. The zero-order valence-corrected chi connectivity index (χ0v) is 16.0. The van der Waals surface area contributed by atoms with Gasteiger partial charge in [0.2, 0.25) is 5.88 Å². The topological polar surface area (TPSA) is 157 Å². The fourth-order valence-corrected chi connectivity index (χ4v) is 3.62. The van der Waals surface area contributed by atoms with E-state index in [2.05, 4.69) is 5.10 Å². The fraction of sp³-hybridized carbons (Fsp3) is 0.0588. The number of nitrogens with zero attached hydrogens (tertiary/aromatic N) is 3. The van der Waals surface area contributed by atoms with Gasteiger partial charge in [0.05, 0.1) is 22.5 Å². The lowest BCUT2D eigenvalue weighted by Gasteiger charge is -2.06. The van der Waals surface area contributed by atoms with E-state index < -0.39 is 38.3 Å². The molecule has 0 radical (unpaired) electrons. The summed E-state index contributed by atoms with van der Waals surface area (Å²) in [5.41, 5.74) is 5.00. The van der Waals surface area contributed by atoms with Gasteiger partial charge in [-0.2, -0.15) is 8.42 Å². The highest BCUT2D eigenvalue weighted by molar-refractivity contribution is 7.90. The summed E-state index contributed by atoms with van der Waals surface area (Å²) in [6.07, 6.45) is 0. The maximum Gasteiger partial charge on any atom is 0.345 e. The number of nitrogen functional groups attached to an aromatic ring is 1. The number of anilines is 1. The van der Waals surface area contributed by atoms with Gasteiger partial charge in [-0.05, 0) is 36.4 Å². The Labute approximate surface area is 168 Å². The van der Waals surface area contributed by atoms with E-state index in [0.29, 0.717) is 4.09 Å². The average Bonchev–Trinajstić information content (AvgIpc) is 3.08. The van der Waals surface area contributed by atoms with Crippen molar-refractivity contribution in [1.29, 1.82) is 0 Å². The number of nitrogens with two attached hydrogens (primary N) is 1. The SMILES string of the molecule is COc1ccc(C(=O)Oc2cc(N)n(S(=O)(=O)c3ccc(F)cc3)n2)cc1[N+](=O)[O-]. The number of carbonyl (C=O) groups excluding carboxylic acids is 1. The van der Waals surface area contributed by atoms with Crippen LogP contribution in [0.5, 0.6) is 11.6 Å². The molecule has 0 unspecified atom stereocenters. The fourth-order valence-electron chi connectivity index (χ4n) is 2.42. The van der Waals surface area contributed by atoms with E-state index >= 15 is 0 Å². The van der Waals surface area contributed by atoms with E-state index in [1.807, 2.05) is 0 Å². The third-order valence-corrected chi connectivity index (χ3v) is 5.45. The van der Waals surface area contributed by atoms with E-state index in [9.17, 15) is 27.7 Å². The molecule has 3 rings (SSSR count). The van der Waals surface area contributed by atoms with Crippen LogP contribution in [0.2, 0.25) is 0 Å². The van der Waals surface area contributed by atoms with Crippen LogP contribution in [-0.2, 0) is 10.0 Å². The summed E-state index contributed by atoms with van der Waals surface area (Å²) in [5, 5.41) is 14.7. The van der Waals surface area contributed by atoms with Crippen LogP contribution in [0.15, 0.2) is 53.4 Å². The Morgan fingerprint density at radius 3 is 2.47 bits per heavy atom. The van der Waals surface area contributed by atoms with Crippen molar-refractivity contribution in [2.24, 2.45) is 0 Å². The summed E-state index contributed by atoms with van der Waals surface area (Å²) in [6.45, 7) is 0. The minimum Gasteiger partial charge on any atom is -0.490 e. The molecule has 0 aliphatic carbocycles. The predicted octanol–water partition coefficient (Wildman–Crippen LogP) is 1.98. The average molecular weight is 436 g/mol. The second kappa shape index (κ2) is 7.79. The molecule has 1 heterocycles. The summed E-state index contributed by atoms with van der Waals surface area (Å²) < 4.78 is 48.5. The number of carbonyl (C=O) groups is 1. The van der Waals surface area contributed by atoms with Gasteiger partial charge in [-0.25, -0.2) is 9.18 Å². The molecule has 0 amide bonds. The Hall–Kier alpha value is -4.00. The van der Waals surface area contributed by atoms with E-state index in [0.717, 1.165) is 36.4 Å². The molecule has 30 heavy (non-hydrogen) atoms. The first-order valence-electron chi connectivity index (χ1n) is 8.05. The zero-order chi connectivity index (χ0) is 22.1. The highest BCUT2D eigenvalue weighted by atomic mass is 32.2. The minimum absolute atomic E-state index is 0.0598. The van der Waals surface area contributed by atoms with E-state index in [-0.39, 0.29) is 22.0 Å². The van der Waals surface area contributed by atoms with Crippen molar-refractivity contribution >= 4 is 27.5 Å². The van der Waals surface area contributed by atoms with Crippen LogP contribution in [-0.4, -0.2) is 35.6 Å². The van der Waals surface area contributed by atoms with Crippen molar-refractivity contribution in [3.05, 3.63) is 70.0 Å². The van der Waals surface area contributed by atoms with Crippen molar-refractivity contribution in [1.82, 2.24) is 9.19 Å². The normalized spacial score (nSPS) is 11.1. The van der Waals surface area contributed by atoms with Crippen LogP contribution in [0, 0.1) is 15.9 Å². The Bertz CT molecular complexity index is 1240. The van der Waals surface area contributed by atoms with Crippen LogP contribution < -0.4 is 15.2 Å². The van der Waals surface area contributed by atoms with E-state index in [1.165, 1.54) is 19.2 Å². The van der Waals surface area contributed by atoms with Gasteiger partial charge in [0.1, 0.15) is 11.6 Å². The van der Waals surface area contributed by atoms with Gasteiger partial charge >= 0.3 is 11.7 Å². The zero-order valence-electron chi connectivity index (χ0n) is 15.2. The predicted molar refractivity (Wildman–Crippen MR) is 100 cm³/mol. The summed E-state index contributed by atoms with van der Waals surface area (Å²) in [4.78, 5) is 22.4. The third kappa shape index (κ3) is 3.91. The molecule has 2 aromatic carbocycles. The second-order valence-corrected chi connectivity index (χ2v) is 7.51. The van der Waals surface area contributed by atoms with Crippen molar-refractivity contribution in [2.45, 2.75) is 4.90 Å². The number of rotatable bonds is 6. The molecule has 0 spiro atoms. The summed E-state index contributed by atoms with van der Waals surface area (Å²) in [6, 6.07) is 8.30. The molecule has 0 saturated heterocycles. The largest absolute Gasteiger partial charge is 0.490 e. The van der Waals surface area contributed by atoms with E-state index in [4.69, 9.17) is 15.2 Å². The number of halogens is 1. The molecule has 156 valence electrons. The van der Waals surface area contributed by atoms with Crippen LogP contribution in [0.25, 0.3) is 0 Å². The first-order valence-corrected chi connectivity index (χ1v) is 9.49. The van der Waals surface area contributed by atoms with Gasteiger partial charge in [0, 0.05) is 12.1 Å². The number of ether oxygens (including phenoxy) is 2. The van der Waals surface area contributed by atoms with Crippen LogP contribution in [0.3, 0.4) is 0 Å². The monoisotopic (exact) mass is 436 g/mol. The Balaban J connectivity index is 1.89. The first kappa shape index (κ1) is 20.7. The number of benzene rings is 2. The van der Waals surface area contributed by atoms with Crippen molar-refractivity contribution in [2.75, 3.05) is 12.8 Å². The number of hydrogen-bond donors (Lipinski definition) is 1. The van der Waals surface area contributed by atoms with Gasteiger partial charge in [0.25, 0.3) is 10.0 Å². The molecular weight excluding hydrogens is 423 g/mol. The first-order chi connectivity index (χ1) is 14.1. The maximum atomic E-state index is 13.0. The van der Waals surface area contributed by atoms with Gasteiger partial charge in [-0.1, -0.05) is 0 Å². The minimum atomic E-state index is -4.28. The lowest BCUT2D eigenvalue weighted by Crippen LogP contribution is -2.17. The molecular formula is C17H13FN4O7S. The van der Waals surface area contributed by atoms with Gasteiger partial charge in [-0.15, -0.1) is 9.19 Å². The molecule has 0 aliphatic rings. The summed E-state index contributed by atoms with van der Waals surface area (Å²) >= 11 is 0. The second-order valence-electron chi connectivity index (χ2n) is 5.74. The van der Waals surface area contributed by atoms with Crippen LogP contribution in [0.4, 0.5) is 15.9 Å². The van der Waals surface area contributed by atoms with Crippen molar-refractivity contribution < 1.29 is 32.0 Å². The summed E-state index contributed by atoms with van der Waals surface area (Å²) in [5.74, 6) is -2.56. The Morgan fingerprint density at radius 1 is 1.20 bits per heavy atom.